The molecule has 4 nitrogen and oxygen atoms in total. The van der Waals surface area contributed by atoms with Crippen molar-refractivity contribution in [2.24, 2.45) is 0 Å². The van der Waals surface area contributed by atoms with Crippen LogP contribution in [0.3, 0.4) is 0 Å². The lowest BCUT2D eigenvalue weighted by Gasteiger charge is -2.09. The molecule has 0 saturated heterocycles. The predicted molar refractivity (Wildman–Crippen MR) is 74.9 cm³/mol. The topological polar surface area (TPSA) is 54.9 Å². The van der Waals surface area contributed by atoms with Gasteiger partial charge in [0.1, 0.15) is 17.3 Å². The Kier molecular flexibility index (Phi) is 4.16. The van der Waals surface area contributed by atoms with Gasteiger partial charge in [0.2, 0.25) is 0 Å². The van der Waals surface area contributed by atoms with Gasteiger partial charge in [-0.25, -0.2) is 9.97 Å². The Balaban J connectivity index is 2.40. The number of hydrogen-bond acceptors (Lipinski definition) is 4. The summed E-state index contributed by atoms with van der Waals surface area (Å²) in [5.74, 6) is 0.314. The van der Waals surface area contributed by atoms with Gasteiger partial charge in [0.15, 0.2) is 6.29 Å². The van der Waals surface area contributed by atoms with E-state index in [2.05, 4.69) is 31.2 Å². The van der Waals surface area contributed by atoms with Gasteiger partial charge in [0, 0.05) is 4.47 Å². The molecule has 7 heteroatoms. The van der Waals surface area contributed by atoms with Crippen molar-refractivity contribution in [2.45, 2.75) is 0 Å². The number of nitrogens with one attached hydrogen (secondary N) is 1. The zero-order valence-electron chi connectivity index (χ0n) is 8.82. The van der Waals surface area contributed by atoms with Crippen LogP contribution in [0.25, 0.3) is 0 Å². The van der Waals surface area contributed by atoms with Crippen molar-refractivity contribution in [1.82, 2.24) is 9.97 Å². The molecule has 0 radical (unpaired) electrons. The van der Waals surface area contributed by atoms with Crippen LogP contribution in [0.4, 0.5) is 11.5 Å². The molecule has 18 heavy (non-hydrogen) atoms. The van der Waals surface area contributed by atoms with E-state index >= 15 is 0 Å². The standard InChI is InChI=1S/C11H6BrCl2N3O/c12-6-1-2-9(8(13)3-6)17-11-7(4-18)10(14)15-5-16-11/h1-5H,(H,15,16,17). The third-order valence-electron chi connectivity index (χ3n) is 2.14. The van der Waals surface area contributed by atoms with E-state index in [0.717, 1.165) is 4.47 Å². The average molecular weight is 347 g/mol. The second-order valence-electron chi connectivity index (χ2n) is 3.29. The summed E-state index contributed by atoms with van der Waals surface area (Å²) in [5.41, 5.74) is 0.816. The van der Waals surface area contributed by atoms with Crippen molar-refractivity contribution in [1.29, 1.82) is 0 Å². The second-order valence-corrected chi connectivity index (χ2v) is 4.97. The average Bonchev–Trinajstić information content (AvgIpc) is 2.33. The number of nitrogens with zero attached hydrogens (tertiary/aromatic N) is 2. The lowest BCUT2D eigenvalue weighted by molar-refractivity contribution is 0.112. The molecule has 2 rings (SSSR count). The summed E-state index contributed by atoms with van der Waals surface area (Å²) in [5, 5.41) is 3.53. The summed E-state index contributed by atoms with van der Waals surface area (Å²) in [6.45, 7) is 0. The fourth-order valence-electron chi connectivity index (χ4n) is 1.30. The van der Waals surface area contributed by atoms with E-state index in [1.54, 1.807) is 12.1 Å². The Morgan fingerprint density at radius 1 is 1.28 bits per heavy atom. The molecule has 0 atom stereocenters. The van der Waals surface area contributed by atoms with Crippen LogP contribution in [-0.4, -0.2) is 16.3 Å². The van der Waals surface area contributed by atoms with Crippen LogP contribution in [0.15, 0.2) is 29.0 Å². The van der Waals surface area contributed by atoms with Gasteiger partial charge < -0.3 is 5.32 Å². The molecular formula is C11H6BrCl2N3O. The lowest BCUT2D eigenvalue weighted by atomic mass is 10.3. The van der Waals surface area contributed by atoms with Crippen LogP contribution in [0, 0.1) is 0 Å². The van der Waals surface area contributed by atoms with Crippen molar-refractivity contribution in [2.75, 3.05) is 5.32 Å². The maximum atomic E-state index is 10.9. The fraction of sp³-hybridized carbons (Fsp3) is 0. The summed E-state index contributed by atoms with van der Waals surface area (Å²) in [4.78, 5) is 18.6. The molecule has 1 N–H and O–H groups in total. The van der Waals surface area contributed by atoms with E-state index < -0.39 is 0 Å². The molecule has 0 aliphatic carbocycles. The monoisotopic (exact) mass is 345 g/mol. The molecule has 1 heterocycles. The van der Waals surface area contributed by atoms with Gasteiger partial charge in [-0.1, -0.05) is 39.1 Å². The molecule has 0 aliphatic rings. The first kappa shape index (κ1) is 13.3. The van der Waals surface area contributed by atoms with Crippen LogP contribution in [0.1, 0.15) is 10.4 Å². The van der Waals surface area contributed by atoms with E-state index in [9.17, 15) is 4.79 Å². The SMILES string of the molecule is O=Cc1c(Cl)ncnc1Nc1ccc(Br)cc1Cl. The number of aromatic nitrogens is 2. The first-order valence-electron chi connectivity index (χ1n) is 4.79. The largest absolute Gasteiger partial charge is 0.338 e. The summed E-state index contributed by atoms with van der Waals surface area (Å²) < 4.78 is 0.856. The molecule has 0 bridgehead atoms. The highest BCUT2D eigenvalue weighted by molar-refractivity contribution is 9.10. The Morgan fingerprint density at radius 2 is 2.06 bits per heavy atom. The maximum Gasteiger partial charge on any atom is 0.156 e. The molecule has 2 aromatic rings. The first-order valence-corrected chi connectivity index (χ1v) is 6.34. The summed E-state index contributed by atoms with van der Waals surface area (Å²) >= 11 is 15.2. The minimum Gasteiger partial charge on any atom is -0.338 e. The van der Waals surface area contributed by atoms with Crippen molar-refractivity contribution in [3.63, 3.8) is 0 Å². The van der Waals surface area contributed by atoms with E-state index in [-0.39, 0.29) is 10.7 Å². The molecule has 0 unspecified atom stereocenters. The molecule has 92 valence electrons. The zero-order valence-corrected chi connectivity index (χ0v) is 11.9. The molecule has 0 fully saturated rings. The van der Waals surface area contributed by atoms with Gasteiger partial charge in [0.25, 0.3) is 0 Å². The van der Waals surface area contributed by atoms with Gasteiger partial charge in [-0.15, -0.1) is 0 Å². The third kappa shape index (κ3) is 2.80. The molecule has 0 spiro atoms. The highest BCUT2D eigenvalue weighted by atomic mass is 79.9. The fourth-order valence-corrected chi connectivity index (χ4v) is 2.19. The highest BCUT2D eigenvalue weighted by Crippen LogP contribution is 2.29. The number of aldehydes is 1. The van der Waals surface area contributed by atoms with Gasteiger partial charge in [0.05, 0.1) is 16.3 Å². The van der Waals surface area contributed by atoms with Crippen LogP contribution < -0.4 is 5.32 Å². The Bertz CT molecular complexity index is 607. The van der Waals surface area contributed by atoms with Crippen molar-refractivity contribution >= 4 is 56.9 Å². The zero-order chi connectivity index (χ0) is 13.1. The summed E-state index contributed by atoms with van der Waals surface area (Å²) in [7, 11) is 0. The Labute approximate surface area is 121 Å². The number of carbonyl (C=O) groups is 1. The van der Waals surface area contributed by atoms with Gasteiger partial charge in [-0.2, -0.15) is 0 Å². The minimum atomic E-state index is 0.0933. The molecule has 1 aromatic carbocycles. The molecular weight excluding hydrogens is 341 g/mol. The summed E-state index contributed by atoms with van der Waals surface area (Å²) in [6, 6.07) is 5.31. The quantitative estimate of drug-likeness (QED) is 0.671. The normalized spacial score (nSPS) is 10.2. The van der Waals surface area contributed by atoms with Crippen LogP contribution in [0.2, 0.25) is 10.2 Å². The molecule has 0 amide bonds. The minimum absolute atomic E-state index is 0.0933. The van der Waals surface area contributed by atoms with Gasteiger partial charge in [-0.3, -0.25) is 4.79 Å². The van der Waals surface area contributed by atoms with E-state index in [4.69, 9.17) is 23.2 Å². The molecule has 0 saturated carbocycles. The van der Waals surface area contributed by atoms with E-state index in [1.165, 1.54) is 6.33 Å². The smallest absolute Gasteiger partial charge is 0.156 e. The van der Waals surface area contributed by atoms with Gasteiger partial charge in [-0.05, 0) is 18.2 Å². The van der Waals surface area contributed by atoms with E-state index in [0.29, 0.717) is 22.8 Å². The maximum absolute atomic E-state index is 10.9. The van der Waals surface area contributed by atoms with Crippen LogP contribution in [0.5, 0.6) is 0 Å². The number of carbonyl (C=O) groups excluding carboxylic acids is 1. The number of halogens is 3. The first-order chi connectivity index (χ1) is 8.61. The van der Waals surface area contributed by atoms with Crippen molar-refractivity contribution in [3.05, 3.63) is 44.7 Å². The Morgan fingerprint density at radius 3 is 2.72 bits per heavy atom. The van der Waals surface area contributed by atoms with Crippen LogP contribution >= 0.6 is 39.1 Å². The summed E-state index contributed by atoms with van der Waals surface area (Å²) in [6.07, 6.45) is 1.86. The van der Waals surface area contributed by atoms with Crippen molar-refractivity contribution < 1.29 is 4.79 Å². The number of benzene rings is 1. The second kappa shape index (κ2) is 5.65. The van der Waals surface area contributed by atoms with Gasteiger partial charge >= 0.3 is 0 Å². The molecule has 0 aliphatic heterocycles. The predicted octanol–water partition coefficient (Wildman–Crippen LogP) is 4.10. The highest BCUT2D eigenvalue weighted by Gasteiger charge is 2.10. The third-order valence-corrected chi connectivity index (χ3v) is 3.24. The van der Waals surface area contributed by atoms with E-state index in [1.807, 2.05) is 6.07 Å². The Hall–Kier alpha value is -1.17. The number of hydrogen-bond donors (Lipinski definition) is 1. The molecule has 1 aromatic heterocycles. The lowest BCUT2D eigenvalue weighted by Crippen LogP contribution is -2.01. The number of rotatable bonds is 3. The van der Waals surface area contributed by atoms with Crippen molar-refractivity contribution in [3.8, 4) is 0 Å². The number of anilines is 2. The van der Waals surface area contributed by atoms with Crippen LogP contribution in [-0.2, 0) is 0 Å².